The average Bonchev–Trinajstić information content (AvgIpc) is 2.71. The number of hydrogen-bond acceptors (Lipinski definition) is 3. The number of ether oxygens (including phenoxy) is 1. The van der Waals surface area contributed by atoms with E-state index in [0.717, 1.165) is 45.3 Å². The van der Waals surface area contributed by atoms with Crippen molar-refractivity contribution in [3.8, 4) is 0 Å². The van der Waals surface area contributed by atoms with Crippen LogP contribution in [0.2, 0.25) is 0 Å². The van der Waals surface area contributed by atoms with E-state index in [4.69, 9.17) is 17.0 Å². The predicted molar refractivity (Wildman–Crippen MR) is 109 cm³/mol. The Kier molecular flexibility index (Phi) is 7.69. The van der Waals surface area contributed by atoms with E-state index in [-0.39, 0.29) is 22.9 Å². The van der Waals surface area contributed by atoms with Gasteiger partial charge in [-0.25, -0.2) is 0 Å². The number of hydrogen-bond donors (Lipinski definition) is 1. The van der Waals surface area contributed by atoms with Gasteiger partial charge in [-0.2, -0.15) is 26.3 Å². The van der Waals surface area contributed by atoms with Gasteiger partial charge in [-0.3, -0.25) is 4.90 Å². The van der Waals surface area contributed by atoms with E-state index < -0.39 is 23.5 Å². The Labute approximate surface area is 182 Å². The van der Waals surface area contributed by atoms with Gasteiger partial charge in [-0.1, -0.05) is 0 Å². The molecule has 2 heterocycles. The van der Waals surface area contributed by atoms with Crippen LogP contribution in [0.5, 0.6) is 0 Å². The topological polar surface area (TPSA) is 27.7 Å². The lowest BCUT2D eigenvalue weighted by Crippen LogP contribution is -2.47. The number of nitrogens with one attached hydrogen (secondary N) is 1. The molecule has 0 saturated carbocycles. The van der Waals surface area contributed by atoms with Crippen molar-refractivity contribution in [3.05, 3.63) is 29.3 Å². The third-order valence-electron chi connectivity index (χ3n) is 5.61. The maximum Gasteiger partial charge on any atom is 0.416 e. The van der Waals surface area contributed by atoms with Crippen LogP contribution < -0.4 is 5.32 Å². The van der Waals surface area contributed by atoms with Gasteiger partial charge >= 0.3 is 12.4 Å². The molecule has 3 rings (SSSR count). The van der Waals surface area contributed by atoms with E-state index in [0.29, 0.717) is 31.9 Å². The number of benzene rings is 1. The number of nitrogens with zero attached hydrogens (tertiary/aromatic N) is 2. The van der Waals surface area contributed by atoms with Crippen molar-refractivity contribution in [3.63, 3.8) is 0 Å². The molecule has 31 heavy (non-hydrogen) atoms. The lowest BCUT2D eigenvalue weighted by atomic mass is 9.99. The van der Waals surface area contributed by atoms with Crippen LogP contribution >= 0.6 is 12.2 Å². The largest absolute Gasteiger partial charge is 0.416 e. The number of alkyl halides is 6. The van der Waals surface area contributed by atoms with Gasteiger partial charge in [0.05, 0.1) is 24.3 Å². The fraction of sp³-hybridized carbons (Fsp3) is 0.650. The molecule has 1 aromatic rings. The van der Waals surface area contributed by atoms with Gasteiger partial charge in [0.2, 0.25) is 0 Å². The molecule has 2 fully saturated rings. The highest BCUT2D eigenvalue weighted by atomic mass is 32.1. The molecule has 0 aliphatic carbocycles. The predicted octanol–water partition coefficient (Wildman–Crippen LogP) is 5.00. The summed E-state index contributed by atoms with van der Waals surface area (Å²) in [4.78, 5) is 4.18. The number of morpholine rings is 1. The number of rotatable bonds is 4. The summed E-state index contributed by atoms with van der Waals surface area (Å²) in [6.45, 7) is 4.52. The molecule has 11 heteroatoms. The third-order valence-corrected chi connectivity index (χ3v) is 5.95. The van der Waals surface area contributed by atoms with Crippen LogP contribution in [0.3, 0.4) is 0 Å². The van der Waals surface area contributed by atoms with Crippen molar-refractivity contribution in [2.24, 2.45) is 0 Å². The average molecular weight is 469 g/mol. The van der Waals surface area contributed by atoms with Crippen molar-refractivity contribution < 1.29 is 31.1 Å². The van der Waals surface area contributed by atoms with Crippen LogP contribution in [0, 0.1) is 0 Å². The van der Waals surface area contributed by atoms with Crippen LogP contribution in [0.15, 0.2) is 18.2 Å². The molecule has 0 amide bonds. The van der Waals surface area contributed by atoms with Gasteiger partial charge in [-0.15, -0.1) is 0 Å². The molecule has 1 atom stereocenters. The summed E-state index contributed by atoms with van der Waals surface area (Å²) in [6, 6.07) is 1.52. The fourth-order valence-corrected chi connectivity index (χ4v) is 4.31. The first-order chi connectivity index (χ1) is 14.5. The fourth-order valence-electron chi connectivity index (χ4n) is 3.95. The summed E-state index contributed by atoms with van der Waals surface area (Å²) < 4.78 is 84.0. The summed E-state index contributed by atoms with van der Waals surface area (Å²) in [5.74, 6) is 0. The highest BCUT2D eigenvalue weighted by Crippen LogP contribution is 2.37. The zero-order chi connectivity index (χ0) is 22.6. The van der Waals surface area contributed by atoms with E-state index >= 15 is 0 Å². The zero-order valence-electron chi connectivity index (χ0n) is 16.9. The first kappa shape index (κ1) is 24.1. The number of anilines is 1. The van der Waals surface area contributed by atoms with Gasteiger partial charge in [0.1, 0.15) is 0 Å². The van der Waals surface area contributed by atoms with Crippen LogP contribution in [0.1, 0.15) is 36.8 Å². The van der Waals surface area contributed by atoms with Gasteiger partial charge in [0.25, 0.3) is 0 Å². The minimum Gasteiger partial charge on any atom is -0.379 e. The van der Waals surface area contributed by atoms with Crippen molar-refractivity contribution in [1.82, 2.24) is 9.80 Å². The molecular formula is C20H25F6N3OS. The van der Waals surface area contributed by atoms with E-state index in [1.807, 2.05) is 4.90 Å². The summed E-state index contributed by atoms with van der Waals surface area (Å²) >= 11 is 5.40. The standard InChI is InChI=1S/C20H25F6N3OS/c21-19(22,23)14-11-15(20(24,25)26)13-16(12-14)27-18(31)29-5-2-1-3-17(29)4-6-28-7-9-30-10-8-28/h11-13,17H,1-10H2,(H,27,31)/t17-/m0/s1. The summed E-state index contributed by atoms with van der Waals surface area (Å²) in [5, 5.41) is 2.78. The molecule has 0 bridgehead atoms. The quantitative estimate of drug-likeness (QED) is 0.495. The Morgan fingerprint density at radius 3 is 2.16 bits per heavy atom. The molecule has 1 N–H and O–H groups in total. The number of likely N-dealkylation sites (tertiary alicyclic amines) is 1. The first-order valence-electron chi connectivity index (χ1n) is 10.2. The molecule has 2 aliphatic heterocycles. The van der Waals surface area contributed by atoms with E-state index in [1.165, 1.54) is 0 Å². The van der Waals surface area contributed by atoms with Crippen LogP contribution in [-0.2, 0) is 17.1 Å². The SMILES string of the molecule is FC(F)(F)c1cc(NC(=S)N2CCCC[C@H]2CCN2CCOCC2)cc(C(F)(F)F)c1. The van der Waals surface area contributed by atoms with E-state index in [9.17, 15) is 26.3 Å². The molecular weight excluding hydrogens is 444 g/mol. The summed E-state index contributed by atoms with van der Waals surface area (Å²) in [6.07, 6.45) is -6.22. The molecule has 0 unspecified atom stereocenters. The molecule has 2 saturated heterocycles. The molecule has 0 aromatic heterocycles. The molecule has 0 spiro atoms. The van der Waals surface area contributed by atoms with Crippen LogP contribution in [-0.4, -0.2) is 60.3 Å². The monoisotopic (exact) mass is 469 g/mol. The Morgan fingerprint density at radius 1 is 0.968 bits per heavy atom. The Morgan fingerprint density at radius 2 is 1.58 bits per heavy atom. The van der Waals surface area contributed by atoms with E-state index in [1.54, 1.807) is 0 Å². The molecule has 174 valence electrons. The maximum absolute atomic E-state index is 13.1. The zero-order valence-corrected chi connectivity index (χ0v) is 17.7. The maximum atomic E-state index is 13.1. The normalized spacial score (nSPS) is 21.2. The minimum atomic E-state index is -4.90. The van der Waals surface area contributed by atoms with Crippen molar-refractivity contribution in [2.75, 3.05) is 44.7 Å². The summed E-state index contributed by atoms with van der Waals surface area (Å²) in [7, 11) is 0. The number of halogens is 6. The van der Waals surface area contributed by atoms with Crippen molar-refractivity contribution >= 4 is 23.0 Å². The van der Waals surface area contributed by atoms with Crippen molar-refractivity contribution in [2.45, 2.75) is 44.1 Å². The second kappa shape index (κ2) is 9.91. The highest BCUT2D eigenvalue weighted by molar-refractivity contribution is 7.80. The lowest BCUT2D eigenvalue weighted by Gasteiger charge is -2.39. The van der Waals surface area contributed by atoms with E-state index in [2.05, 4.69) is 10.2 Å². The van der Waals surface area contributed by atoms with Gasteiger partial charge in [-0.05, 0) is 56.1 Å². The number of thiocarbonyl (C=S) groups is 1. The third kappa shape index (κ3) is 6.69. The first-order valence-corrected chi connectivity index (χ1v) is 10.6. The van der Waals surface area contributed by atoms with Gasteiger partial charge in [0, 0.05) is 37.9 Å². The van der Waals surface area contributed by atoms with Crippen LogP contribution in [0.25, 0.3) is 0 Å². The second-order valence-electron chi connectivity index (χ2n) is 7.81. The molecule has 2 aliphatic rings. The summed E-state index contributed by atoms with van der Waals surface area (Å²) in [5.41, 5.74) is -3.05. The molecule has 4 nitrogen and oxygen atoms in total. The lowest BCUT2D eigenvalue weighted by molar-refractivity contribution is -0.143. The highest BCUT2D eigenvalue weighted by Gasteiger charge is 2.37. The molecule has 0 radical (unpaired) electrons. The van der Waals surface area contributed by atoms with Crippen LogP contribution in [0.4, 0.5) is 32.0 Å². The Bertz CT molecular complexity index is 732. The number of piperidine rings is 1. The van der Waals surface area contributed by atoms with Gasteiger partial charge in [0.15, 0.2) is 5.11 Å². The Balaban J connectivity index is 1.72. The van der Waals surface area contributed by atoms with Gasteiger partial charge < -0.3 is 15.0 Å². The minimum absolute atomic E-state index is 0.0875. The smallest absolute Gasteiger partial charge is 0.379 e. The molecule has 1 aromatic carbocycles. The second-order valence-corrected chi connectivity index (χ2v) is 8.20. The Hall–Kier alpha value is -1.59. The van der Waals surface area contributed by atoms with Crippen molar-refractivity contribution in [1.29, 1.82) is 0 Å².